The first kappa shape index (κ1) is 14.6. The summed E-state index contributed by atoms with van der Waals surface area (Å²) >= 11 is 3.43. The summed E-state index contributed by atoms with van der Waals surface area (Å²) in [5.41, 5.74) is 9.36. The molecule has 0 saturated heterocycles. The number of nitrogens with two attached hydrogens (primary N) is 1. The summed E-state index contributed by atoms with van der Waals surface area (Å²) in [5, 5.41) is 9.27. The lowest BCUT2D eigenvalue weighted by Crippen LogP contribution is -2.17. The Morgan fingerprint density at radius 1 is 1.15 bits per heavy atom. The number of hydrogen-bond acceptors (Lipinski definition) is 3. The zero-order valence-electron chi connectivity index (χ0n) is 11.3. The Balaban J connectivity index is 2.22. The molecule has 0 saturated carbocycles. The number of hydrogen-bond donors (Lipinski definition) is 1. The van der Waals surface area contributed by atoms with E-state index < -0.39 is 0 Å². The van der Waals surface area contributed by atoms with E-state index in [1.807, 2.05) is 37.4 Å². The normalized spacial score (nSPS) is 10.1. The molecular formula is C16H16BrN3. The molecule has 0 amide bonds. The van der Waals surface area contributed by atoms with Crippen molar-refractivity contribution in [2.75, 3.05) is 11.9 Å². The number of nitriles is 1. The molecule has 3 nitrogen and oxygen atoms in total. The molecule has 0 bridgehead atoms. The van der Waals surface area contributed by atoms with Crippen LogP contribution in [0.2, 0.25) is 0 Å². The quantitative estimate of drug-likeness (QED) is 0.935. The monoisotopic (exact) mass is 329 g/mol. The van der Waals surface area contributed by atoms with Gasteiger partial charge in [-0.2, -0.15) is 5.26 Å². The van der Waals surface area contributed by atoms with Gasteiger partial charge in [0.05, 0.1) is 11.3 Å². The van der Waals surface area contributed by atoms with Crippen molar-refractivity contribution in [3.63, 3.8) is 0 Å². The van der Waals surface area contributed by atoms with Crippen LogP contribution in [0.1, 0.15) is 16.7 Å². The molecule has 2 rings (SSSR count). The topological polar surface area (TPSA) is 53.0 Å². The Morgan fingerprint density at radius 3 is 2.40 bits per heavy atom. The van der Waals surface area contributed by atoms with Crippen LogP contribution >= 0.6 is 15.9 Å². The summed E-state index contributed by atoms with van der Waals surface area (Å²) in [5.74, 6) is 0. The van der Waals surface area contributed by atoms with Crippen molar-refractivity contribution < 1.29 is 0 Å². The third kappa shape index (κ3) is 3.38. The molecule has 0 aromatic heterocycles. The summed E-state index contributed by atoms with van der Waals surface area (Å²) in [6.07, 6.45) is 0. The van der Waals surface area contributed by atoms with E-state index in [4.69, 9.17) is 5.73 Å². The van der Waals surface area contributed by atoms with Gasteiger partial charge in [-0.05, 0) is 35.4 Å². The summed E-state index contributed by atoms with van der Waals surface area (Å²) in [7, 11) is 1.99. The van der Waals surface area contributed by atoms with E-state index in [1.54, 1.807) is 0 Å². The number of anilines is 1. The lowest BCUT2D eigenvalue weighted by molar-refractivity contribution is 0.918. The van der Waals surface area contributed by atoms with Crippen molar-refractivity contribution in [2.45, 2.75) is 13.1 Å². The van der Waals surface area contributed by atoms with Gasteiger partial charge in [0.2, 0.25) is 0 Å². The highest BCUT2D eigenvalue weighted by Gasteiger charge is 2.08. The molecule has 0 fully saturated rings. The molecule has 0 atom stereocenters. The van der Waals surface area contributed by atoms with Crippen LogP contribution in [0.3, 0.4) is 0 Å². The van der Waals surface area contributed by atoms with Crippen molar-refractivity contribution in [1.29, 1.82) is 5.26 Å². The van der Waals surface area contributed by atoms with Crippen LogP contribution in [0.25, 0.3) is 0 Å². The third-order valence-corrected chi connectivity index (χ3v) is 3.69. The van der Waals surface area contributed by atoms with Gasteiger partial charge < -0.3 is 10.6 Å². The van der Waals surface area contributed by atoms with Gasteiger partial charge in [-0.1, -0.05) is 34.1 Å². The average Bonchev–Trinajstić information content (AvgIpc) is 2.48. The first-order valence-corrected chi connectivity index (χ1v) is 7.12. The molecule has 0 unspecified atom stereocenters. The first-order valence-electron chi connectivity index (χ1n) is 6.32. The summed E-state index contributed by atoms with van der Waals surface area (Å²) in [6, 6.07) is 16.2. The Hall–Kier alpha value is -1.83. The minimum absolute atomic E-state index is 0.450. The number of benzene rings is 2. The van der Waals surface area contributed by atoms with Crippen LogP contribution in [-0.2, 0) is 13.1 Å². The molecule has 0 spiro atoms. The molecule has 102 valence electrons. The lowest BCUT2D eigenvalue weighted by atomic mass is 10.1. The van der Waals surface area contributed by atoms with Gasteiger partial charge >= 0.3 is 0 Å². The van der Waals surface area contributed by atoms with E-state index in [2.05, 4.69) is 39.0 Å². The molecule has 2 aromatic carbocycles. The fourth-order valence-electron chi connectivity index (χ4n) is 2.08. The second kappa shape index (κ2) is 6.56. The van der Waals surface area contributed by atoms with Crippen molar-refractivity contribution in [1.82, 2.24) is 0 Å². The zero-order chi connectivity index (χ0) is 14.5. The maximum absolute atomic E-state index is 9.27. The maximum atomic E-state index is 9.27. The molecular weight excluding hydrogens is 314 g/mol. The van der Waals surface area contributed by atoms with Crippen LogP contribution in [0, 0.1) is 11.3 Å². The molecule has 20 heavy (non-hydrogen) atoms. The molecule has 0 aliphatic rings. The molecule has 4 heteroatoms. The number of halogens is 1. The number of nitrogens with zero attached hydrogens (tertiary/aromatic N) is 2. The highest BCUT2D eigenvalue weighted by Crippen LogP contribution is 2.22. The van der Waals surface area contributed by atoms with E-state index in [0.717, 1.165) is 22.3 Å². The van der Waals surface area contributed by atoms with E-state index >= 15 is 0 Å². The van der Waals surface area contributed by atoms with Crippen LogP contribution in [0.15, 0.2) is 46.9 Å². The second-order valence-corrected chi connectivity index (χ2v) is 5.57. The van der Waals surface area contributed by atoms with Crippen molar-refractivity contribution >= 4 is 21.6 Å². The smallest absolute Gasteiger partial charge is 0.101 e. The maximum Gasteiger partial charge on any atom is 0.101 e. The Kier molecular flexibility index (Phi) is 4.78. The average molecular weight is 330 g/mol. The minimum Gasteiger partial charge on any atom is -0.369 e. The van der Waals surface area contributed by atoms with Crippen LogP contribution < -0.4 is 10.6 Å². The number of rotatable bonds is 4. The van der Waals surface area contributed by atoms with Crippen molar-refractivity contribution in [3.8, 4) is 6.07 Å². The van der Waals surface area contributed by atoms with Gasteiger partial charge in [0.15, 0.2) is 0 Å². The second-order valence-electron chi connectivity index (χ2n) is 4.65. The molecule has 0 aliphatic carbocycles. The standard InChI is InChI=1S/C16H16BrN3/c1-20(11-12-2-5-15(17)6-3-12)16-7-4-13(9-18)8-14(16)10-19/h2-8H,9,11,18H2,1H3. The van der Waals surface area contributed by atoms with Gasteiger partial charge in [0.1, 0.15) is 6.07 Å². The zero-order valence-corrected chi connectivity index (χ0v) is 12.9. The van der Waals surface area contributed by atoms with Crippen LogP contribution in [0.4, 0.5) is 5.69 Å². The summed E-state index contributed by atoms with van der Waals surface area (Å²) in [6.45, 7) is 1.20. The Morgan fingerprint density at radius 2 is 1.80 bits per heavy atom. The summed E-state index contributed by atoms with van der Waals surface area (Å²) < 4.78 is 1.06. The van der Waals surface area contributed by atoms with Crippen LogP contribution in [0.5, 0.6) is 0 Å². The Labute approximate surface area is 127 Å². The van der Waals surface area contributed by atoms with E-state index in [9.17, 15) is 5.26 Å². The van der Waals surface area contributed by atoms with Crippen molar-refractivity contribution in [3.05, 3.63) is 63.6 Å². The van der Waals surface area contributed by atoms with E-state index in [-0.39, 0.29) is 0 Å². The predicted molar refractivity (Wildman–Crippen MR) is 85.3 cm³/mol. The van der Waals surface area contributed by atoms with Gasteiger partial charge in [-0.3, -0.25) is 0 Å². The van der Waals surface area contributed by atoms with Gasteiger partial charge in [0, 0.05) is 24.6 Å². The highest BCUT2D eigenvalue weighted by atomic mass is 79.9. The fraction of sp³-hybridized carbons (Fsp3) is 0.188. The van der Waals surface area contributed by atoms with Gasteiger partial charge in [0.25, 0.3) is 0 Å². The first-order chi connectivity index (χ1) is 9.63. The Bertz CT molecular complexity index is 629. The molecule has 0 aliphatic heterocycles. The molecule has 2 aromatic rings. The lowest BCUT2D eigenvalue weighted by Gasteiger charge is -2.21. The van der Waals surface area contributed by atoms with E-state index in [0.29, 0.717) is 12.1 Å². The van der Waals surface area contributed by atoms with Gasteiger partial charge in [-0.15, -0.1) is 0 Å². The predicted octanol–water partition coefficient (Wildman–Crippen LogP) is 3.42. The fourth-order valence-corrected chi connectivity index (χ4v) is 2.35. The van der Waals surface area contributed by atoms with Crippen LogP contribution in [-0.4, -0.2) is 7.05 Å². The highest BCUT2D eigenvalue weighted by molar-refractivity contribution is 9.10. The van der Waals surface area contributed by atoms with Gasteiger partial charge in [-0.25, -0.2) is 0 Å². The molecule has 2 N–H and O–H groups in total. The largest absolute Gasteiger partial charge is 0.369 e. The van der Waals surface area contributed by atoms with Crippen molar-refractivity contribution in [2.24, 2.45) is 5.73 Å². The molecule has 0 radical (unpaired) electrons. The summed E-state index contributed by atoms with van der Waals surface area (Å²) in [4.78, 5) is 2.07. The molecule has 0 heterocycles. The van der Waals surface area contributed by atoms with E-state index in [1.165, 1.54) is 5.56 Å². The minimum atomic E-state index is 0.450. The SMILES string of the molecule is CN(Cc1ccc(Br)cc1)c1ccc(CN)cc1C#N. The third-order valence-electron chi connectivity index (χ3n) is 3.16.